The van der Waals surface area contributed by atoms with Gasteiger partial charge in [-0.2, -0.15) is 0 Å². The second-order valence-corrected chi connectivity index (χ2v) is 5.36. The molecule has 2 heterocycles. The Bertz CT molecular complexity index is 606. The molecule has 4 nitrogen and oxygen atoms in total. The summed E-state index contributed by atoms with van der Waals surface area (Å²) in [5.74, 6) is 0.0716. The smallest absolute Gasteiger partial charge is 0.228 e. The molecule has 0 radical (unpaired) electrons. The Morgan fingerprint density at radius 2 is 2.39 bits per heavy atom. The topological polar surface area (TPSA) is 54.0 Å². The van der Waals surface area contributed by atoms with Crippen molar-refractivity contribution >= 4 is 22.9 Å². The Morgan fingerprint density at radius 3 is 3.22 bits per heavy atom. The highest BCUT2D eigenvalue weighted by Crippen LogP contribution is 2.31. The van der Waals surface area contributed by atoms with Crippen LogP contribution in [0.4, 0.5) is 5.69 Å². The van der Waals surface area contributed by atoms with E-state index < -0.39 is 0 Å². The Kier molecular flexibility index (Phi) is 2.85. The predicted molar refractivity (Wildman–Crippen MR) is 72.6 cm³/mol. The van der Waals surface area contributed by atoms with E-state index in [1.165, 1.54) is 0 Å². The van der Waals surface area contributed by atoms with E-state index in [0.29, 0.717) is 6.42 Å². The number of anilines is 1. The van der Waals surface area contributed by atoms with Gasteiger partial charge in [0.25, 0.3) is 0 Å². The molecule has 92 valence electrons. The maximum absolute atomic E-state index is 11.3. The SMILES string of the molecule is CNCc1ncc(-c2ccc3c(c2)CC(=O)N3)s1. The average Bonchev–Trinajstić information content (AvgIpc) is 2.93. The molecule has 0 unspecified atom stereocenters. The number of fused-ring (bicyclic) bond motifs is 1. The second kappa shape index (κ2) is 4.51. The molecular formula is C13H13N3OS. The molecule has 1 aromatic heterocycles. The van der Waals surface area contributed by atoms with Gasteiger partial charge in [-0.3, -0.25) is 4.79 Å². The van der Waals surface area contributed by atoms with Crippen LogP contribution in [0.2, 0.25) is 0 Å². The number of amides is 1. The minimum Gasteiger partial charge on any atom is -0.326 e. The number of carbonyl (C=O) groups excluding carboxylic acids is 1. The fourth-order valence-electron chi connectivity index (χ4n) is 2.06. The molecule has 1 aliphatic heterocycles. The number of hydrogen-bond donors (Lipinski definition) is 2. The minimum absolute atomic E-state index is 0.0716. The van der Waals surface area contributed by atoms with Crippen LogP contribution in [-0.4, -0.2) is 17.9 Å². The van der Waals surface area contributed by atoms with E-state index in [1.54, 1.807) is 11.3 Å². The number of carbonyl (C=O) groups is 1. The lowest BCUT2D eigenvalue weighted by atomic mass is 10.1. The standard InChI is InChI=1S/C13H13N3OS/c1-14-7-13-15-6-11(18-13)8-2-3-10-9(4-8)5-12(17)16-10/h2-4,6,14H,5,7H2,1H3,(H,16,17). The van der Waals surface area contributed by atoms with Gasteiger partial charge in [-0.05, 0) is 30.3 Å². The van der Waals surface area contributed by atoms with Crippen molar-refractivity contribution in [3.63, 3.8) is 0 Å². The zero-order valence-corrected chi connectivity index (χ0v) is 10.8. The van der Waals surface area contributed by atoms with Gasteiger partial charge in [0.05, 0.1) is 11.3 Å². The maximum Gasteiger partial charge on any atom is 0.228 e. The molecule has 0 bridgehead atoms. The van der Waals surface area contributed by atoms with Crippen molar-refractivity contribution in [1.29, 1.82) is 0 Å². The molecule has 0 aliphatic carbocycles. The molecular weight excluding hydrogens is 246 g/mol. The third-order valence-electron chi connectivity index (χ3n) is 2.90. The number of nitrogens with zero attached hydrogens (tertiary/aromatic N) is 1. The summed E-state index contributed by atoms with van der Waals surface area (Å²) in [7, 11) is 1.91. The van der Waals surface area contributed by atoms with Crippen LogP contribution >= 0.6 is 11.3 Å². The first-order chi connectivity index (χ1) is 8.76. The first-order valence-corrected chi connectivity index (χ1v) is 6.60. The highest BCUT2D eigenvalue weighted by Gasteiger charge is 2.18. The molecule has 0 saturated carbocycles. The summed E-state index contributed by atoms with van der Waals surface area (Å²) in [6.07, 6.45) is 2.37. The van der Waals surface area contributed by atoms with Gasteiger partial charge in [-0.1, -0.05) is 6.07 Å². The fourth-order valence-corrected chi connectivity index (χ4v) is 2.99. The summed E-state index contributed by atoms with van der Waals surface area (Å²) in [4.78, 5) is 16.8. The van der Waals surface area contributed by atoms with Crippen LogP contribution in [0.25, 0.3) is 10.4 Å². The highest BCUT2D eigenvalue weighted by molar-refractivity contribution is 7.15. The molecule has 1 aliphatic rings. The van der Waals surface area contributed by atoms with Gasteiger partial charge in [0.1, 0.15) is 5.01 Å². The molecule has 2 aromatic rings. The van der Waals surface area contributed by atoms with Crippen molar-refractivity contribution in [2.45, 2.75) is 13.0 Å². The molecule has 1 amide bonds. The van der Waals surface area contributed by atoms with E-state index in [9.17, 15) is 4.79 Å². The number of aromatic nitrogens is 1. The molecule has 0 saturated heterocycles. The van der Waals surface area contributed by atoms with Crippen LogP contribution in [0, 0.1) is 0 Å². The molecule has 18 heavy (non-hydrogen) atoms. The number of rotatable bonds is 3. The third-order valence-corrected chi connectivity index (χ3v) is 3.94. The fraction of sp³-hybridized carbons (Fsp3) is 0.231. The summed E-state index contributed by atoms with van der Waals surface area (Å²) >= 11 is 1.68. The molecule has 0 atom stereocenters. The Hall–Kier alpha value is -1.72. The quantitative estimate of drug-likeness (QED) is 0.886. The van der Waals surface area contributed by atoms with E-state index >= 15 is 0 Å². The van der Waals surface area contributed by atoms with Crippen LogP contribution in [0.1, 0.15) is 10.6 Å². The van der Waals surface area contributed by atoms with Gasteiger partial charge in [-0.15, -0.1) is 11.3 Å². The first-order valence-electron chi connectivity index (χ1n) is 5.79. The minimum atomic E-state index is 0.0716. The second-order valence-electron chi connectivity index (χ2n) is 4.25. The van der Waals surface area contributed by atoms with Crippen molar-refractivity contribution in [1.82, 2.24) is 10.3 Å². The number of hydrogen-bond acceptors (Lipinski definition) is 4. The lowest BCUT2D eigenvalue weighted by Crippen LogP contribution is -2.03. The van der Waals surface area contributed by atoms with Crippen LogP contribution in [0.3, 0.4) is 0 Å². The van der Waals surface area contributed by atoms with E-state index in [-0.39, 0.29) is 5.91 Å². The van der Waals surface area contributed by atoms with Crippen LogP contribution in [0.5, 0.6) is 0 Å². The van der Waals surface area contributed by atoms with Crippen LogP contribution in [0.15, 0.2) is 24.4 Å². The Balaban J connectivity index is 1.92. The summed E-state index contributed by atoms with van der Waals surface area (Å²) in [6.45, 7) is 0.787. The summed E-state index contributed by atoms with van der Waals surface area (Å²) in [5.41, 5.74) is 3.13. The zero-order chi connectivity index (χ0) is 12.5. The number of thiazole rings is 1. The first kappa shape index (κ1) is 11.4. The Labute approximate surface area is 109 Å². The van der Waals surface area contributed by atoms with Gasteiger partial charge in [-0.25, -0.2) is 4.98 Å². The van der Waals surface area contributed by atoms with Crippen LogP contribution in [-0.2, 0) is 17.8 Å². The molecule has 1 aromatic carbocycles. The normalized spacial score (nSPS) is 13.5. The number of benzene rings is 1. The third kappa shape index (κ3) is 2.02. The summed E-state index contributed by atoms with van der Waals surface area (Å²) in [5, 5.41) is 7.00. The van der Waals surface area contributed by atoms with Gasteiger partial charge >= 0.3 is 0 Å². The summed E-state index contributed by atoms with van der Waals surface area (Å²) < 4.78 is 0. The van der Waals surface area contributed by atoms with Crippen molar-refractivity contribution in [3.05, 3.63) is 35.0 Å². The van der Waals surface area contributed by atoms with Gasteiger partial charge < -0.3 is 10.6 Å². The largest absolute Gasteiger partial charge is 0.326 e. The lowest BCUT2D eigenvalue weighted by molar-refractivity contribution is -0.115. The molecule has 0 fully saturated rings. The highest BCUT2D eigenvalue weighted by atomic mass is 32.1. The predicted octanol–water partition coefficient (Wildman–Crippen LogP) is 2.02. The van der Waals surface area contributed by atoms with Crippen molar-refractivity contribution in [2.75, 3.05) is 12.4 Å². The molecule has 2 N–H and O–H groups in total. The Morgan fingerprint density at radius 1 is 1.50 bits per heavy atom. The van der Waals surface area contributed by atoms with Crippen molar-refractivity contribution < 1.29 is 4.79 Å². The van der Waals surface area contributed by atoms with E-state index in [2.05, 4.69) is 21.7 Å². The van der Waals surface area contributed by atoms with E-state index in [1.807, 2.05) is 25.4 Å². The average molecular weight is 259 g/mol. The molecule has 3 rings (SSSR count). The lowest BCUT2D eigenvalue weighted by Gasteiger charge is -2.01. The van der Waals surface area contributed by atoms with Crippen LogP contribution < -0.4 is 10.6 Å². The van der Waals surface area contributed by atoms with Gasteiger partial charge in [0, 0.05) is 18.4 Å². The monoisotopic (exact) mass is 259 g/mol. The zero-order valence-electron chi connectivity index (χ0n) is 9.99. The van der Waals surface area contributed by atoms with Crippen molar-refractivity contribution in [3.8, 4) is 10.4 Å². The van der Waals surface area contributed by atoms with Crippen molar-refractivity contribution in [2.24, 2.45) is 0 Å². The maximum atomic E-state index is 11.3. The van der Waals surface area contributed by atoms with Gasteiger partial charge in [0.15, 0.2) is 0 Å². The summed E-state index contributed by atoms with van der Waals surface area (Å²) in [6, 6.07) is 6.07. The van der Waals surface area contributed by atoms with E-state index in [0.717, 1.165) is 33.2 Å². The van der Waals surface area contributed by atoms with Gasteiger partial charge in [0.2, 0.25) is 5.91 Å². The number of nitrogens with one attached hydrogen (secondary N) is 2. The molecule has 5 heteroatoms. The molecule has 0 spiro atoms. The van der Waals surface area contributed by atoms with E-state index in [4.69, 9.17) is 0 Å².